The van der Waals surface area contributed by atoms with Crippen molar-refractivity contribution in [2.45, 2.75) is 38.6 Å². The fourth-order valence-electron chi connectivity index (χ4n) is 4.57. The van der Waals surface area contributed by atoms with E-state index in [-0.39, 0.29) is 6.04 Å². The molecule has 6 nitrogen and oxygen atoms in total. The third-order valence-corrected chi connectivity index (χ3v) is 6.79. The summed E-state index contributed by atoms with van der Waals surface area (Å²) in [6.07, 6.45) is 0.690. The standard InChI is InChI=1S/C33H36N2O4/c1-25(19-26-13-16-30(38-2)17-14-26)35(21-27-9-5-3-6-10-27)22-32(37)29-15-18-33(31(20-29)34-24-36)39-23-28-11-7-4-8-12-28/h3-18,20,24-25,32,37H,19,21-23H2,1-2H3,(H,34,36)/t25-,32+/m1/s1. The molecule has 0 heterocycles. The van der Waals surface area contributed by atoms with Crippen LogP contribution in [-0.2, 0) is 24.4 Å². The van der Waals surface area contributed by atoms with Crippen LogP contribution in [0.5, 0.6) is 11.5 Å². The van der Waals surface area contributed by atoms with Crippen LogP contribution in [0.4, 0.5) is 5.69 Å². The molecule has 0 bridgehead atoms. The maximum atomic E-state index is 11.3. The molecular formula is C33H36N2O4. The van der Waals surface area contributed by atoms with E-state index in [2.05, 4.69) is 41.4 Å². The Morgan fingerprint density at radius 2 is 1.54 bits per heavy atom. The van der Waals surface area contributed by atoms with Crippen LogP contribution in [0, 0.1) is 0 Å². The van der Waals surface area contributed by atoms with Gasteiger partial charge in [0.05, 0.1) is 18.9 Å². The molecule has 0 saturated heterocycles. The zero-order valence-corrected chi connectivity index (χ0v) is 22.5. The van der Waals surface area contributed by atoms with Gasteiger partial charge in [0.1, 0.15) is 18.1 Å². The number of carbonyl (C=O) groups excluding carboxylic acids is 1. The second kappa shape index (κ2) is 14.1. The lowest BCUT2D eigenvalue weighted by Crippen LogP contribution is -2.37. The van der Waals surface area contributed by atoms with Crippen LogP contribution in [0.3, 0.4) is 0 Å². The topological polar surface area (TPSA) is 71.0 Å². The van der Waals surface area contributed by atoms with Gasteiger partial charge in [0.2, 0.25) is 6.41 Å². The highest BCUT2D eigenvalue weighted by atomic mass is 16.5. The van der Waals surface area contributed by atoms with Crippen LogP contribution in [0.1, 0.15) is 35.3 Å². The summed E-state index contributed by atoms with van der Waals surface area (Å²) >= 11 is 0. The number of aliphatic hydroxyl groups excluding tert-OH is 1. The van der Waals surface area contributed by atoms with Gasteiger partial charge in [0, 0.05) is 19.1 Å². The van der Waals surface area contributed by atoms with Crippen molar-refractivity contribution in [1.29, 1.82) is 0 Å². The Morgan fingerprint density at radius 3 is 2.18 bits per heavy atom. The van der Waals surface area contributed by atoms with Crippen molar-refractivity contribution in [3.8, 4) is 11.5 Å². The molecule has 0 saturated carbocycles. The first kappa shape index (κ1) is 27.9. The molecule has 0 aliphatic rings. The van der Waals surface area contributed by atoms with Crippen LogP contribution in [0.15, 0.2) is 103 Å². The number of methoxy groups -OCH3 is 1. The number of carbonyl (C=O) groups is 1. The molecule has 2 atom stereocenters. The fraction of sp³-hybridized carbons (Fsp3) is 0.242. The number of hydrogen-bond donors (Lipinski definition) is 2. The quantitative estimate of drug-likeness (QED) is 0.198. The first-order chi connectivity index (χ1) is 19.1. The van der Waals surface area contributed by atoms with Crippen molar-refractivity contribution < 1.29 is 19.4 Å². The minimum absolute atomic E-state index is 0.161. The van der Waals surface area contributed by atoms with Crippen LogP contribution in [0.2, 0.25) is 0 Å². The molecule has 6 heteroatoms. The van der Waals surface area contributed by atoms with Crippen molar-refractivity contribution in [3.63, 3.8) is 0 Å². The number of hydrogen-bond acceptors (Lipinski definition) is 5. The number of ether oxygens (including phenoxy) is 2. The van der Waals surface area contributed by atoms with Crippen LogP contribution in [-0.4, -0.2) is 36.1 Å². The van der Waals surface area contributed by atoms with Gasteiger partial charge in [0.25, 0.3) is 0 Å². The predicted molar refractivity (Wildman–Crippen MR) is 155 cm³/mol. The molecule has 202 valence electrons. The van der Waals surface area contributed by atoms with Crippen molar-refractivity contribution in [1.82, 2.24) is 4.90 Å². The van der Waals surface area contributed by atoms with Gasteiger partial charge in [-0.3, -0.25) is 9.69 Å². The van der Waals surface area contributed by atoms with Gasteiger partial charge < -0.3 is 19.9 Å². The highest BCUT2D eigenvalue weighted by Gasteiger charge is 2.21. The van der Waals surface area contributed by atoms with Gasteiger partial charge in [-0.05, 0) is 59.9 Å². The highest BCUT2D eigenvalue weighted by molar-refractivity contribution is 5.76. The van der Waals surface area contributed by atoms with E-state index >= 15 is 0 Å². The number of benzene rings is 4. The molecule has 0 fully saturated rings. The van der Waals surface area contributed by atoms with Crippen molar-refractivity contribution in [2.24, 2.45) is 0 Å². The maximum Gasteiger partial charge on any atom is 0.211 e. The molecule has 39 heavy (non-hydrogen) atoms. The third-order valence-electron chi connectivity index (χ3n) is 6.79. The zero-order chi connectivity index (χ0) is 27.5. The Kier molecular flexibility index (Phi) is 10.1. The van der Waals surface area contributed by atoms with Crippen LogP contribution in [0.25, 0.3) is 0 Å². The summed E-state index contributed by atoms with van der Waals surface area (Å²) in [5.41, 5.74) is 4.65. The van der Waals surface area contributed by atoms with Crippen LogP contribution < -0.4 is 14.8 Å². The molecule has 4 rings (SSSR count). The number of nitrogens with one attached hydrogen (secondary N) is 1. The van der Waals surface area contributed by atoms with E-state index in [0.717, 1.165) is 17.7 Å². The Morgan fingerprint density at radius 1 is 0.872 bits per heavy atom. The molecule has 1 amide bonds. The van der Waals surface area contributed by atoms with E-state index in [1.54, 1.807) is 19.2 Å². The number of nitrogens with zero attached hydrogens (tertiary/aromatic N) is 1. The first-order valence-electron chi connectivity index (χ1n) is 13.2. The summed E-state index contributed by atoms with van der Waals surface area (Å²) in [5.74, 6) is 1.38. The van der Waals surface area contributed by atoms with Gasteiger partial charge in [-0.1, -0.05) is 78.9 Å². The molecule has 0 unspecified atom stereocenters. The summed E-state index contributed by atoms with van der Waals surface area (Å²) in [4.78, 5) is 13.6. The lowest BCUT2D eigenvalue weighted by Gasteiger charge is -2.31. The average molecular weight is 525 g/mol. The second-order valence-electron chi connectivity index (χ2n) is 9.62. The smallest absolute Gasteiger partial charge is 0.211 e. The van der Waals surface area contributed by atoms with Gasteiger partial charge in [-0.15, -0.1) is 0 Å². The van der Waals surface area contributed by atoms with Gasteiger partial charge in [-0.2, -0.15) is 0 Å². The Balaban J connectivity index is 1.50. The van der Waals surface area contributed by atoms with Crippen molar-refractivity contribution in [2.75, 3.05) is 19.0 Å². The molecule has 0 aromatic heterocycles. The molecule has 0 spiro atoms. The molecule has 2 N–H and O–H groups in total. The third kappa shape index (κ3) is 8.18. The van der Waals surface area contributed by atoms with Crippen molar-refractivity contribution in [3.05, 3.63) is 125 Å². The van der Waals surface area contributed by atoms with Gasteiger partial charge >= 0.3 is 0 Å². The SMILES string of the molecule is COc1ccc(C[C@@H](C)N(Cc2ccccc2)C[C@H](O)c2ccc(OCc3ccccc3)c(NC=O)c2)cc1. The number of aliphatic hydroxyl groups is 1. The normalized spacial score (nSPS) is 12.5. The van der Waals surface area contributed by atoms with E-state index < -0.39 is 6.10 Å². The Labute approximate surface area is 230 Å². The molecule has 0 radical (unpaired) electrons. The summed E-state index contributed by atoms with van der Waals surface area (Å²) in [6.45, 7) is 3.69. The van der Waals surface area contributed by atoms with E-state index in [0.29, 0.717) is 43.1 Å². The lowest BCUT2D eigenvalue weighted by atomic mass is 10.0. The van der Waals surface area contributed by atoms with Gasteiger partial charge in [0.15, 0.2) is 0 Å². The first-order valence-corrected chi connectivity index (χ1v) is 13.2. The summed E-state index contributed by atoms with van der Waals surface area (Å²) < 4.78 is 11.3. The monoisotopic (exact) mass is 524 g/mol. The van der Waals surface area contributed by atoms with E-state index in [1.165, 1.54) is 11.1 Å². The lowest BCUT2D eigenvalue weighted by molar-refractivity contribution is -0.105. The second-order valence-corrected chi connectivity index (χ2v) is 9.62. The summed E-state index contributed by atoms with van der Waals surface area (Å²) in [5, 5.41) is 14.1. The summed E-state index contributed by atoms with van der Waals surface area (Å²) in [6, 6.07) is 33.8. The maximum absolute atomic E-state index is 11.3. The van der Waals surface area contributed by atoms with Gasteiger partial charge in [-0.25, -0.2) is 0 Å². The Bertz CT molecular complexity index is 1300. The Hall–Kier alpha value is -4.13. The molecule has 4 aromatic rings. The number of anilines is 1. The summed E-state index contributed by atoms with van der Waals surface area (Å²) in [7, 11) is 1.67. The fourth-order valence-corrected chi connectivity index (χ4v) is 4.57. The molecule has 0 aliphatic carbocycles. The van der Waals surface area contributed by atoms with Crippen molar-refractivity contribution >= 4 is 12.1 Å². The molecular weight excluding hydrogens is 488 g/mol. The minimum Gasteiger partial charge on any atom is -0.497 e. The molecule has 4 aromatic carbocycles. The minimum atomic E-state index is -0.762. The largest absolute Gasteiger partial charge is 0.497 e. The average Bonchev–Trinajstić information content (AvgIpc) is 2.97. The molecule has 0 aliphatic heterocycles. The number of rotatable bonds is 14. The van der Waals surface area contributed by atoms with E-state index in [9.17, 15) is 9.90 Å². The zero-order valence-electron chi connectivity index (χ0n) is 22.5. The predicted octanol–water partition coefficient (Wildman–Crippen LogP) is 6.01. The van der Waals surface area contributed by atoms with E-state index in [4.69, 9.17) is 9.47 Å². The van der Waals surface area contributed by atoms with Crippen LogP contribution >= 0.6 is 0 Å². The van der Waals surface area contributed by atoms with E-state index in [1.807, 2.05) is 66.7 Å². The highest BCUT2D eigenvalue weighted by Crippen LogP contribution is 2.30. The number of amides is 1.